The first-order valence-electron chi connectivity index (χ1n) is 9.60. The van der Waals surface area contributed by atoms with Crippen molar-refractivity contribution < 1.29 is 29.2 Å². The number of carboxylic acid groups (broad SMARTS) is 1. The van der Waals surface area contributed by atoms with Crippen LogP contribution in [0.15, 0.2) is 54.6 Å². The maximum Gasteiger partial charge on any atom is 0.408 e. The number of amides is 2. The molecular weight excluding hydrogens is 406 g/mol. The lowest BCUT2D eigenvalue weighted by molar-refractivity contribution is -0.384. The molecule has 2 amide bonds. The van der Waals surface area contributed by atoms with Gasteiger partial charge in [0.2, 0.25) is 0 Å². The smallest absolute Gasteiger partial charge is 0.408 e. The predicted molar refractivity (Wildman–Crippen MR) is 108 cm³/mol. The molecule has 2 aromatic carbocycles. The topological polar surface area (TPSA) is 139 Å². The number of ether oxygens (including phenoxy) is 1. The van der Waals surface area contributed by atoms with Gasteiger partial charge in [-0.2, -0.15) is 0 Å². The molecule has 2 N–H and O–H groups in total. The number of nitrogens with one attached hydrogen (secondary N) is 1. The number of nitro benzene ring substituents is 1. The third kappa shape index (κ3) is 5.56. The maximum atomic E-state index is 12.5. The van der Waals surface area contributed by atoms with E-state index in [9.17, 15) is 29.6 Å². The van der Waals surface area contributed by atoms with E-state index in [1.54, 1.807) is 30.3 Å². The molecule has 0 aromatic heterocycles. The molecular formula is C21H21N3O7. The Labute approximate surface area is 177 Å². The summed E-state index contributed by atoms with van der Waals surface area (Å²) in [5.74, 6) is -1.01. The van der Waals surface area contributed by atoms with E-state index in [2.05, 4.69) is 5.32 Å². The lowest BCUT2D eigenvalue weighted by Gasteiger charge is -2.36. The standard InChI is InChI=1S/C21H21N3O7/c25-19(15-4-2-1-3-5-15)22-16-8-11-18(23(12-16)21(27)28)20(26)31-13-14-6-9-17(10-7-14)24(29)30/h1-7,9-10,16,18H,8,11-13H2,(H,22,25)(H,27,28). The molecule has 3 rings (SSSR count). The number of hydrogen-bond acceptors (Lipinski definition) is 6. The average molecular weight is 427 g/mol. The third-order valence-electron chi connectivity index (χ3n) is 5.00. The summed E-state index contributed by atoms with van der Waals surface area (Å²) >= 11 is 0. The van der Waals surface area contributed by atoms with Gasteiger partial charge in [-0.05, 0) is 42.7 Å². The Balaban J connectivity index is 1.57. The van der Waals surface area contributed by atoms with Crippen LogP contribution in [0, 0.1) is 10.1 Å². The van der Waals surface area contributed by atoms with Crippen molar-refractivity contribution in [3.8, 4) is 0 Å². The Morgan fingerprint density at radius 3 is 2.39 bits per heavy atom. The maximum absolute atomic E-state index is 12.5. The van der Waals surface area contributed by atoms with E-state index in [1.165, 1.54) is 24.3 Å². The zero-order chi connectivity index (χ0) is 22.4. The number of benzene rings is 2. The van der Waals surface area contributed by atoms with Gasteiger partial charge in [0.15, 0.2) is 0 Å². The summed E-state index contributed by atoms with van der Waals surface area (Å²) in [6, 6.07) is 12.7. The van der Waals surface area contributed by atoms with Crippen LogP contribution in [0.5, 0.6) is 0 Å². The average Bonchev–Trinajstić information content (AvgIpc) is 2.78. The van der Waals surface area contributed by atoms with Gasteiger partial charge in [0, 0.05) is 30.3 Å². The Hall–Kier alpha value is -3.95. The monoisotopic (exact) mass is 427 g/mol. The molecule has 0 spiro atoms. The molecule has 1 aliphatic rings. The summed E-state index contributed by atoms with van der Waals surface area (Å²) in [5, 5.41) is 23.0. The van der Waals surface area contributed by atoms with Crippen LogP contribution in [-0.2, 0) is 16.1 Å². The van der Waals surface area contributed by atoms with Crippen molar-refractivity contribution in [3.05, 3.63) is 75.8 Å². The van der Waals surface area contributed by atoms with Gasteiger partial charge in [0.05, 0.1) is 4.92 Å². The summed E-state index contributed by atoms with van der Waals surface area (Å²) < 4.78 is 5.23. The van der Waals surface area contributed by atoms with Crippen LogP contribution in [0.4, 0.5) is 10.5 Å². The van der Waals surface area contributed by atoms with Crippen LogP contribution in [0.2, 0.25) is 0 Å². The lowest BCUT2D eigenvalue weighted by Crippen LogP contribution is -2.56. The van der Waals surface area contributed by atoms with Gasteiger partial charge in [-0.15, -0.1) is 0 Å². The second-order valence-electron chi connectivity index (χ2n) is 7.10. The second kappa shape index (κ2) is 9.70. The minimum absolute atomic E-state index is 0.0365. The van der Waals surface area contributed by atoms with Gasteiger partial charge < -0.3 is 15.2 Å². The predicted octanol–water partition coefficient (Wildman–Crippen LogP) is 2.58. The molecule has 1 heterocycles. The van der Waals surface area contributed by atoms with Gasteiger partial charge >= 0.3 is 12.1 Å². The van der Waals surface area contributed by atoms with E-state index < -0.39 is 29.1 Å². The molecule has 2 atom stereocenters. The Bertz CT molecular complexity index is 963. The van der Waals surface area contributed by atoms with Gasteiger partial charge in [-0.1, -0.05) is 18.2 Å². The minimum Gasteiger partial charge on any atom is -0.465 e. The van der Waals surface area contributed by atoms with Crippen LogP contribution >= 0.6 is 0 Å². The molecule has 0 radical (unpaired) electrons. The molecule has 2 unspecified atom stereocenters. The zero-order valence-electron chi connectivity index (χ0n) is 16.5. The number of hydrogen-bond donors (Lipinski definition) is 2. The summed E-state index contributed by atoms with van der Waals surface area (Å²) in [7, 11) is 0. The molecule has 10 heteroatoms. The molecule has 31 heavy (non-hydrogen) atoms. The Kier molecular flexibility index (Phi) is 6.81. The summed E-state index contributed by atoms with van der Waals surface area (Å²) in [6.07, 6.45) is -0.666. The molecule has 1 fully saturated rings. The fourth-order valence-corrected chi connectivity index (χ4v) is 3.37. The molecule has 1 saturated heterocycles. The minimum atomic E-state index is -1.28. The van der Waals surface area contributed by atoms with Gasteiger partial charge in [-0.25, -0.2) is 9.59 Å². The molecule has 0 saturated carbocycles. The third-order valence-corrected chi connectivity index (χ3v) is 5.00. The van der Waals surface area contributed by atoms with Crippen LogP contribution in [0.25, 0.3) is 0 Å². The fraction of sp³-hybridized carbons (Fsp3) is 0.286. The highest BCUT2D eigenvalue weighted by molar-refractivity contribution is 5.94. The lowest BCUT2D eigenvalue weighted by atomic mass is 9.98. The number of rotatable bonds is 6. The van der Waals surface area contributed by atoms with Crippen LogP contribution in [0.3, 0.4) is 0 Å². The summed E-state index contributed by atoms with van der Waals surface area (Å²) in [4.78, 5) is 47.6. The molecule has 162 valence electrons. The fourth-order valence-electron chi connectivity index (χ4n) is 3.37. The molecule has 1 aliphatic heterocycles. The van der Waals surface area contributed by atoms with E-state index in [0.717, 1.165) is 4.90 Å². The first-order chi connectivity index (χ1) is 14.8. The van der Waals surface area contributed by atoms with Gasteiger partial charge in [-0.3, -0.25) is 19.8 Å². The van der Waals surface area contributed by atoms with Crippen molar-refractivity contribution in [1.29, 1.82) is 0 Å². The normalized spacial score (nSPS) is 18.1. The number of likely N-dealkylation sites (tertiary alicyclic amines) is 1. The number of piperidine rings is 1. The summed E-state index contributed by atoms with van der Waals surface area (Å²) in [5.41, 5.74) is 0.932. The molecule has 10 nitrogen and oxygen atoms in total. The van der Waals surface area contributed by atoms with Crippen LogP contribution in [0.1, 0.15) is 28.8 Å². The first-order valence-corrected chi connectivity index (χ1v) is 9.60. The van der Waals surface area contributed by atoms with E-state index in [4.69, 9.17) is 4.74 Å². The van der Waals surface area contributed by atoms with E-state index in [0.29, 0.717) is 17.5 Å². The summed E-state index contributed by atoms with van der Waals surface area (Å²) in [6.45, 7) is -0.167. The number of nitrogens with zero attached hydrogens (tertiary/aromatic N) is 2. The van der Waals surface area contributed by atoms with Crippen molar-refractivity contribution in [1.82, 2.24) is 10.2 Å². The zero-order valence-corrected chi connectivity index (χ0v) is 16.5. The largest absolute Gasteiger partial charge is 0.465 e. The van der Waals surface area contributed by atoms with E-state index in [1.807, 2.05) is 0 Å². The van der Waals surface area contributed by atoms with E-state index in [-0.39, 0.29) is 31.2 Å². The van der Waals surface area contributed by atoms with Crippen molar-refractivity contribution in [2.75, 3.05) is 6.54 Å². The van der Waals surface area contributed by atoms with Crippen LogP contribution < -0.4 is 5.32 Å². The number of carbonyl (C=O) groups excluding carboxylic acids is 2. The molecule has 2 aromatic rings. The number of non-ortho nitro benzene ring substituents is 1. The quantitative estimate of drug-likeness (QED) is 0.410. The van der Waals surface area contributed by atoms with E-state index >= 15 is 0 Å². The van der Waals surface area contributed by atoms with Crippen LogP contribution in [-0.4, -0.2) is 51.5 Å². The second-order valence-corrected chi connectivity index (χ2v) is 7.10. The van der Waals surface area contributed by atoms with Crippen molar-refractivity contribution in [3.63, 3.8) is 0 Å². The SMILES string of the molecule is O=C(NC1CCC(C(=O)OCc2ccc([N+](=O)[O-])cc2)N(C(=O)O)C1)c1ccccc1. The van der Waals surface area contributed by atoms with Gasteiger partial charge in [0.1, 0.15) is 12.6 Å². The number of carbonyl (C=O) groups is 3. The number of nitro groups is 1. The molecule has 0 aliphatic carbocycles. The van der Waals surface area contributed by atoms with Crippen molar-refractivity contribution >= 4 is 23.7 Å². The Morgan fingerprint density at radius 2 is 1.77 bits per heavy atom. The highest BCUT2D eigenvalue weighted by atomic mass is 16.6. The van der Waals surface area contributed by atoms with Crippen molar-refractivity contribution in [2.45, 2.75) is 31.5 Å². The first kappa shape index (κ1) is 21.8. The highest BCUT2D eigenvalue weighted by Crippen LogP contribution is 2.20. The Morgan fingerprint density at radius 1 is 1.10 bits per heavy atom. The molecule has 0 bridgehead atoms. The highest BCUT2D eigenvalue weighted by Gasteiger charge is 2.37. The number of esters is 1. The van der Waals surface area contributed by atoms with Crippen molar-refractivity contribution in [2.24, 2.45) is 0 Å². The van der Waals surface area contributed by atoms with Gasteiger partial charge in [0.25, 0.3) is 11.6 Å².